The number of hydrogen-bond donors (Lipinski definition) is 0. The van der Waals surface area contributed by atoms with Crippen molar-refractivity contribution in [1.82, 2.24) is 0 Å². The molecule has 2 heteroatoms. The molecule has 1 aromatic carbocycles. The monoisotopic (exact) mass is 191 g/mol. The van der Waals surface area contributed by atoms with Crippen LogP contribution >= 0.6 is 0 Å². The number of aliphatic imine (C=N–C) groups is 1. The Kier molecular flexibility index (Phi) is 3.28. The summed E-state index contributed by atoms with van der Waals surface area (Å²) in [7, 11) is 1.65. The summed E-state index contributed by atoms with van der Waals surface area (Å²) >= 11 is 0. The number of benzene rings is 1. The van der Waals surface area contributed by atoms with Gasteiger partial charge in [0.25, 0.3) is 0 Å². The van der Waals surface area contributed by atoms with E-state index in [1.807, 2.05) is 30.3 Å². The van der Waals surface area contributed by atoms with Gasteiger partial charge >= 0.3 is 0 Å². The Balaban J connectivity index is 3.00. The van der Waals surface area contributed by atoms with E-state index in [0.29, 0.717) is 5.90 Å². The van der Waals surface area contributed by atoms with E-state index in [4.69, 9.17) is 4.74 Å². The molecule has 0 radical (unpaired) electrons. The van der Waals surface area contributed by atoms with Crippen LogP contribution in [0, 0.1) is 0 Å². The lowest BCUT2D eigenvalue weighted by atomic mass is 10.1. The zero-order valence-electron chi connectivity index (χ0n) is 9.24. The molecule has 0 saturated heterocycles. The van der Waals surface area contributed by atoms with E-state index in [9.17, 15) is 0 Å². The van der Waals surface area contributed by atoms with E-state index < -0.39 is 0 Å². The smallest absolute Gasteiger partial charge is 0.216 e. The van der Waals surface area contributed by atoms with Crippen LogP contribution in [-0.4, -0.2) is 18.5 Å². The fraction of sp³-hybridized carbons (Fsp3) is 0.417. The fourth-order valence-corrected chi connectivity index (χ4v) is 1.11. The summed E-state index contributed by atoms with van der Waals surface area (Å²) in [6.07, 6.45) is 0. The summed E-state index contributed by atoms with van der Waals surface area (Å²) in [6, 6.07) is 9.93. The molecule has 0 spiro atoms. The summed E-state index contributed by atoms with van der Waals surface area (Å²) in [5.41, 5.74) is 0.909. The van der Waals surface area contributed by atoms with Gasteiger partial charge in [0, 0.05) is 5.56 Å². The largest absolute Gasteiger partial charge is 0.481 e. The van der Waals surface area contributed by atoms with Crippen molar-refractivity contribution in [3.05, 3.63) is 35.9 Å². The Bertz CT molecular complexity index is 309. The number of hydrogen-bond acceptors (Lipinski definition) is 2. The second-order valence-electron chi connectivity index (χ2n) is 4.16. The highest BCUT2D eigenvalue weighted by Gasteiger charge is 2.11. The number of methoxy groups -OCH3 is 1. The maximum absolute atomic E-state index is 5.26. The Hall–Kier alpha value is -1.31. The summed E-state index contributed by atoms with van der Waals surface area (Å²) in [6.45, 7) is 6.15. The molecule has 0 N–H and O–H groups in total. The van der Waals surface area contributed by atoms with Crippen molar-refractivity contribution < 1.29 is 4.74 Å². The molecule has 0 heterocycles. The average molecular weight is 191 g/mol. The summed E-state index contributed by atoms with van der Waals surface area (Å²) in [5.74, 6) is 0.693. The Morgan fingerprint density at radius 2 is 1.71 bits per heavy atom. The first-order valence-electron chi connectivity index (χ1n) is 4.72. The third-order valence-electron chi connectivity index (χ3n) is 1.65. The van der Waals surface area contributed by atoms with Crippen LogP contribution in [0.25, 0.3) is 0 Å². The van der Waals surface area contributed by atoms with E-state index in [2.05, 4.69) is 25.8 Å². The molecule has 14 heavy (non-hydrogen) atoms. The van der Waals surface area contributed by atoms with Crippen LogP contribution in [0.2, 0.25) is 0 Å². The van der Waals surface area contributed by atoms with Gasteiger partial charge in [0.05, 0.1) is 12.6 Å². The van der Waals surface area contributed by atoms with E-state index in [1.54, 1.807) is 7.11 Å². The molecule has 1 rings (SSSR count). The standard InChI is InChI=1S/C12H17NO/c1-12(2,3)13-11(14-4)10-8-6-5-7-9-10/h5-9H,1-4H3. The van der Waals surface area contributed by atoms with E-state index in [-0.39, 0.29) is 5.54 Å². The third kappa shape index (κ3) is 3.21. The van der Waals surface area contributed by atoms with E-state index in [1.165, 1.54) is 0 Å². The molecule has 0 aliphatic rings. The summed E-state index contributed by atoms with van der Waals surface area (Å²) in [5, 5.41) is 0. The van der Waals surface area contributed by atoms with Crippen LogP contribution < -0.4 is 0 Å². The predicted molar refractivity (Wildman–Crippen MR) is 59.7 cm³/mol. The molecule has 0 unspecified atom stereocenters. The van der Waals surface area contributed by atoms with Gasteiger partial charge in [0.2, 0.25) is 5.90 Å². The highest BCUT2D eigenvalue weighted by Crippen LogP contribution is 2.11. The molecular formula is C12H17NO. The molecule has 0 fully saturated rings. The zero-order valence-corrected chi connectivity index (χ0v) is 9.24. The van der Waals surface area contributed by atoms with Crippen molar-refractivity contribution in [2.75, 3.05) is 7.11 Å². The van der Waals surface area contributed by atoms with Crippen LogP contribution in [0.4, 0.5) is 0 Å². The highest BCUT2D eigenvalue weighted by atomic mass is 16.5. The van der Waals surface area contributed by atoms with Crippen LogP contribution in [0.1, 0.15) is 26.3 Å². The van der Waals surface area contributed by atoms with Crippen molar-refractivity contribution >= 4 is 5.90 Å². The summed E-state index contributed by atoms with van der Waals surface area (Å²) in [4.78, 5) is 4.49. The van der Waals surface area contributed by atoms with Gasteiger partial charge in [-0.2, -0.15) is 0 Å². The molecule has 0 amide bonds. The molecule has 0 aliphatic carbocycles. The van der Waals surface area contributed by atoms with Crippen molar-refractivity contribution in [1.29, 1.82) is 0 Å². The van der Waals surface area contributed by atoms with E-state index >= 15 is 0 Å². The molecule has 0 aliphatic heterocycles. The van der Waals surface area contributed by atoms with E-state index in [0.717, 1.165) is 5.56 Å². The molecule has 2 nitrogen and oxygen atoms in total. The Labute approximate surface area is 85.6 Å². The van der Waals surface area contributed by atoms with Crippen LogP contribution in [0.15, 0.2) is 35.3 Å². The minimum Gasteiger partial charge on any atom is -0.481 e. The molecule has 76 valence electrons. The maximum Gasteiger partial charge on any atom is 0.216 e. The quantitative estimate of drug-likeness (QED) is 0.494. The van der Waals surface area contributed by atoms with Gasteiger partial charge in [-0.3, -0.25) is 0 Å². The predicted octanol–water partition coefficient (Wildman–Crippen LogP) is 2.88. The SMILES string of the molecule is COC(=NC(C)(C)C)c1ccccc1. The van der Waals surface area contributed by atoms with Crippen LogP contribution in [0.5, 0.6) is 0 Å². The summed E-state index contributed by atoms with van der Waals surface area (Å²) < 4.78 is 5.26. The maximum atomic E-state index is 5.26. The van der Waals surface area contributed by atoms with Gasteiger partial charge in [0.1, 0.15) is 0 Å². The second kappa shape index (κ2) is 4.27. The first-order chi connectivity index (χ1) is 6.53. The van der Waals surface area contributed by atoms with Gasteiger partial charge in [0.15, 0.2) is 0 Å². The van der Waals surface area contributed by atoms with Gasteiger partial charge in [-0.05, 0) is 32.9 Å². The van der Waals surface area contributed by atoms with Crippen molar-refractivity contribution in [3.8, 4) is 0 Å². The first kappa shape index (κ1) is 10.8. The molecular weight excluding hydrogens is 174 g/mol. The number of nitrogens with zero attached hydrogens (tertiary/aromatic N) is 1. The number of rotatable bonds is 1. The van der Waals surface area contributed by atoms with Crippen molar-refractivity contribution in [2.24, 2.45) is 4.99 Å². The fourth-order valence-electron chi connectivity index (χ4n) is 1.11. The van der Waals surface area contributed by atoms with Crippen molar-refractivity contribution in [2.45, 2.75) is 26.3 Å². The lowest BCUT2D eigenvalue weighted by Crippen LogP contribution is -2.16. The van der Waals surface area contributed by atoms with Gasteiger partial charge in [-0.25, -0.2) is 4.99 Å². The molecule has 0 bridgehead atoms. The second-order valence-corrected chi connectivity index (χ2v) is 4.16. The van der Waals surface area contributed by atoms with Gasteiger partial charge in [-0.15, -0.1) is 0 Å². The molecule has 1 aromatic rings. The number of ether oxygens (including phenoxy) is 1. The van der Waals surface area contributed by atoms with Crippen molar-refractivity contribution in [3.63, 3.8) is 0 Å². The minimum atomic E-state index is -0.110. The topological polar surface area (TPSA) is 21.6 Å². The molecule has 0 saturated carbocycles. The van der Waals surface area contributed by atoms with Crippen LogP contribution in [-0.2, 0) is 4.74 Å². The van der Waals surface area contributed by atoms with Crippen LogP contribution in [0.3, 0.4) is 0 Å². The molecule has 0 aromatic heterocycles. The Morgan fingerprint density at radius 3 is 2.14 bits per heavy atom. The first-order valence-corrected chi connectivity index (χ1v) is 4.72. The average Bonchev–Trinajstić information content (AvgIpc) is 2.14. The highest BCUT2D eigenvalue weighted by molar-refractivity contribution is 5.94. The minimum absolute atomic E-state index is 0.110. The normalized spacial score (nSPS) is 12.7. The Morgan fingerprint density at radius 1 is 1.14 bits per heavy atom. The molecule has 0 atom stereocenters. The van der Waals surface area contributed by atoms with Gasteiger partial charge in [-0.1, -0.05) is 18.2 Å². The lowest BCUT2D eigenvalue weighted by molar-refractivity contribution is 0.392. The lowest BCUT2D eigenvalue weighted by Gasteiger charge is -2.15. The van der Waals surface area contributed by atoms with Gasteiger partial charge < -0.3 is 4.74 Å². The zero-order chi connectivity index (χ0) is 10.6. The third-order valence-corrected chi connectivity index (χ3v) is 1.65.